The molecule has 0 spiro atoms. The summed E-state index contributed by atoms with van der Waals surface area (Å²) in [5, 5.41) is 17.9. The molecule has 2 aromatic heterocycles. The molecule has 5 heterocycles. The minimum Gasteiger partial charge on any atom is -0.356 e. The van der Waals surface area contributed by atoms with E-state index in [1.165, 1.54) is 0 Å². The van der Waals surface area contributed by atoms with E-state index in [0.717, 1.165) is 64.3 Å². The van der Waals surface area contributed by atoms with Crippen molar-refractivity contribution in [3.8, 4) is 17.2 Å². The molecule has 1 atom stereocenters. The first-order chi connectivity index (χ1) is 20.3. The highest BCUT2D eigenvalue weighted by molar-refractivity contribution is 6.34. The van der Waals surface area contributed by atoms with E-state index in [2.05, 4.69) is 22.4 Å². The first-order valence-corrected chi connectivity index (χ1v) is 14.3. The number of carbonyl (C=O) groups is 3. The summed E-state index contributed by atoms with van der Waals surface area (Å²) in [5.74, 6) is -0.0747. The number of halogens is 1. The number of nitrogens with one attached hydrogen (secondary N) is 1. The van der Waals surface area contributed by atoms with E-state index in [-0.39, 0.29) is 18.2 Å². The molecule has 2 fully saturated rings. The number of pyridine rings is 1. The molecule has 0 saturated carbocycles. The van der Waals surface area contributed by atoms with Gasteiger partial charge in [-0.05, 0) is 60.7 Å². The van der Waals surface area contributed by atoms with Gasteiger partial charge in [0.1, 0.15) is 11.9 Å². The summed E-state index contributed by atoms with van der Waals surface area (Å²) in [6, 6.07) is 14.6. The van der Waals surface area contributed by atoms with Crippen molar-refractivity contribution in [3.63, 3.8) is 0 Å². The zero-order valence-corrected chi connectivity index (χ0v) is 23.6. The normalized spacial score (nSPS) is 18.2. The molecule has 2 saturated heterocycles. The number of hydrogen-bond donors (Lipinski definition) is 1. The fourth-order valence-electron chi connectivity index (χ4n) is 6.07. The van der Waals surface area contributed by atoms with Crippen LogP contribution in [0.4, 0.5) is 5.82 Å². The first-order valence-electron chi connectivity index (χ1n) is 13.9. The van der Waals surface area contributed by atoms with Crippen molar-refractivity contribution >= 4 is 46.2 Å². The van der Waals surface area contributed by atoms with Crippen LogP contribution >= 0.6 is 11.6 Å². The number of benzene rings is 2. The van der Waals surface area contributed by atoms with E-state index in [4.69, 9.17) is 21.7 Å². The molecule has 0 bridgehead atoms. The SMILES string of the molecule is Cc1nn(Cc2ccc3c(c2)CN(C2CCC(=O)NC2=O)C3=O)c2nc(N3CCC3)cc(-c3ccc(C#N)cc3Cl)c12. The number of amides is 3. The Balaban J connectivity index is 1.25. The summed E-state index contributed by atoms with van der Waals surface area (Å²) in [6.45, 7) is 4.54. The number of anilines is 1. The van der Waals surface area contributed by atoms with Gasteiger partial charge in [0.2, 0.25) is 11.8 Å². The van der Waals surface area contributed by atoms with Crippen molar-refractivity contribution in [2.75, 3.05) is 18.0 Å². The topological polar surface area (TPSA) is 124 Å². The zero-order chi connectivity index (χ0) is 29.1. The average molecular weight is 580 g/mol. The maximum atomic E-state index is 13.1. The summed E-state index contributed by atoms with van der Waals surface area (Å²) >= 11 is 6.68. The summed E-state index contributed by atoms with van der Waals surface area (Å²) in [6.07, 6.45) is 1.65. The number of carbonyl (C=O) groups excluding carboxylic acids is 3. The lowest BCUT2D eigenvalue weighted by Gasteiger charge is -2.32. The molecule has 4 aromatic rings. The van der Waals surface area contributed by atoms with Gasteiger partial charge in [-0.1, -0.05) is 29.8 Å². The third kappa shape index (κ3) is 4.28. The monoisotopic (exact) mass is 579 g/mol. The highest BCUT2D eigenvalue weighted by Gasteiger charge is 2.39. The van der Waals surface area contributed by atoms with Crippen LogP contribution < -0.4 is 10.2 Å². The Morgan fingerprint density at radius 2 is 1.88 bits per heavy atom. The van der Waals surface area contributed by atoms with Gasteiger partial charge in [-0.15, -0.1) is 0 Å². The Bertz CT molecular complexity index is 1870. The van der Waals surface area contributed by atoms with Crippen LogP contribution in [0.25, 0.3) is 22.2 Å². The molecule has 1 unspecified atom stereocenters. The molecule has 3 aliphatic heterocycles. The number of piperidine rings is 1. The van der Waals surface area contributed by atoms with Gasteiger partial charge in [0.25, 0.3) is 5.91 Å². The number of nitrogens with zero attached hydrogens (tertiary/aromatic N) is 6. The number of rotatable bonds is 5. The highest BCUT2D eigenvalue weighted by atomic mass is 35.5. The van der Waals surface area contributed by atoms with Gasteiger partial charge in [-0.25, -0.2) is 9.67 Å². The summed E-state index contributed by atoms with van der Waals surface area (Å²) in [5.41, 5.74) is 6.13. The van der Waals surface area contributed by atoms with Crippen LogP contribution in [0, 0.1) is 18.3 Å². The fourth-order valence-corrected chi connectivity index (χ4v) is 6.35. The second kappa shape index (κ2) is 9.96. The van der Waals surface area contributed by atoms with Crippen LogP contribution in [0.3, 0.4) is 0 Å². The van der Waals surface area contributed by atoms with Gasteiger partial charge in [-0.3, -0.25) is 19.7 Å². The Labute approximate surface area is 246 Å². The van der Waals surface area contributed by atoms with Crippen LogP contribution in [-0.4, -0.2) is 56.5 Å². The molecule has 11 heteroatoms. The van der Waals surface area contributed by atoms with Crippen LogP contribution in [-0.2, 0) is 22.7 Å². The van der Waals surface area contributed by atoms with E-state index in [1.807, 2.05) is 29.8 Å². The zero-order valence-electron chi connectivity index (χ0n) is 22.9. The Morgan fingerprint density at radius 3 is 2.60 bits per heavy atom. The molecule has 2 aromatic carbocycles. The van der Waals surface area contributed by atoms with Crippen molar-refractivity contribution in [3.05, 3.63) is 75.4 Å². The van der Waals surface area contributed by atoms with Crippen LogP contribution in [0.2, 0.25) is 5.02 Å². The predicted octanol–water partition coefficient (Wildman–Crippen LogP) is 3.95. The first kappa shape index (κ1) is 26.2. The number of aryl methyl sites for hydroxylation is 1. The summed E-state index contributed by atoms with van der Waals surface area (Å²) in [7, 11) is 0. The Morgan fingerprint density at radius 1 is 1.07 bits per heavy atom. The number of hydrogen-bond acceptors (Lipinski definition) is 7. The second-order valence-electron chi connectivity index (χ2n) is 11.0. The summed E-state index contributed by atoms with van der Waals surface area (Å²) in [4.78, 5) is 46.0. The fraction of sp³-hybridized carbons (Fsp3) is 0.290. The van der Waals surface area contributed by atoms with Crippen LogP contribution in [0.15, 0.2) is 42.5 Å². The standard InChI is InChI=1S/C31H26ClN7O3/c1-17-28-23(22-6-3-18(14-33)12-24(22)32)13-26(37-9-2-10-37)34-29(28)39(36-17)15-19-4-5-21-20(11-19)16-38(31(21)42)25-7-8-27(40)35-30(25)41/h3-6,11-13,25H,2,7-10,15-16H2,1H3,(H,35,40,41). The summed E-state index contributed by atoms with van der Waals surface area (Å²) < 4.78 is 1.88. The van der Waals surface area contributed by atoms with E-state index in [9.17, 15) is 19.6 Å². The van der Waals surface area contributed by atoms with Gasteiger partial charge >= 0.3 is 0 Å². The third-order valence-corrected chi connectivity index (χ3v) is 8.67. The quantitative estimate of drug-likeness (QED) is 0.355. The maximum Gasteiger partial charge on any atom is 0.255 e. The van der Waals surface area contributed by atoms with E-state index < -0.39 is 11.9 Å². The molecular weight excluding hydrogens is 554 g/mol. The smallest absolute Gasteiger partial charge is 0.255 e. The van der Waals surface area contributed by atoms with E-state index in [0.29, 0.717) is 35.7 Å². The van der Waals surface area contributed by atoms with E-state index >= 15 is 0 Å². The van der Waals surface area contributed by atoms with Crippen molar-refractivity contribution in [2.45, 2.75) is 45.3 Å². The number of aromatic nitrogens is 3. The lowest BCUT2D eigenvalue weighted by atomic mass is 10.00. The van der Waals surface area contributed by atoms with Gasteiger partial charge < -0.3 is 9.80 Å². The van der Waals surface area contributed by atoms with Gasteiger partial charge in [0.15, 0.2) is 5.65 Å². The number of nitriles is 1. The second-order valence-corrected chi connectivity index (χ2v) is 11.4. The lowest BCUT2D eigenvalue weighted by Crippen LogP contribution is -2.52. The van der Waals surface area contributed by atoms with Crippen LogP contribution in [0.1, 0.15) is 52.0 Å². The lowest BCUT2D eigenvalue weighted by molar-refractivity contribution is -0.136. The van der Waals surface area contributed by atoms with Gasteiger partial charge in [0, 0.05) is 47.6 Å². The molecule has 210 valence electrons. The van der Waals surface area contributed by atoms with Crippen molar-refractivity contribution in [1.29, 1.82) is 5.26 Å². The number of imide groups is 1. The molecule has 42 heavy (non-hydrogen) atoms. The maximum absolute atomic E-state index is 13.1. The number of fused-ring (bicyclic) bond motifs is 2. The minimum absolute atomic E-state index is 0.198. The van der Waals surface area contributed by atoms with Gasteiger partial charge in [-0.2, -0.15) is 10.4 Å². The Hall–Kier alpha value is -4.75. The Kier molecular flexibility index (Phi) is 6.21. The molecule has 3 amide bonds. The van der Waals surface area contributed by atoms with Crippen molar-refractivity contribution in [2.24, 2.45) is 0 Å². The molecule has 7 rings (SSSR count). The van der Waals surface area contributed by atoms with Crippen molar-refractivity contribution < 1.29 is 14.4 Å². The molecule has 3 aliphatic rings. The molecule has 1 N–H and O–H groups in total. The average Bonchev–Trinajstić information content (AvgIpc) is 3.42. The minimum atomic E-state index is -0.652. The van der Waals surface area contributed by atoms with Gasteiger partial charge in [0.05, 0.1) is 23.9 Å². The molecular formula is C31H26ClN7O3. The van der Waals surface area contributed by atoms with Crippen LogP contribution in [0.5, 0.6) is 0 Å². The van der Waals surface area contributed by atoms with Crippen molar-refractivity contribution in [1.82, 2.24) is 25.0 Å². The highest BCUT2D eigenvalue weighted by Crippen LogP contribution is 2.38. The molecule has 0 radical (unpaired) electrons. The molecule has 10 nitrogen and oxygen atoms in total. The predicted molar refractivity (Wildman–Crippen MR) is 156 cm³/mol. The largest absolute Gasteiger partial charge is 0.356 e. The molecule has 0 aliphatic carbocycles. The third-order valence-electron chi connectivity index (χ3n) is 8.35. The van der Waals surface area contributed by atoms with E-state index in [1.54, 1.807) is 23.1 Å².